The van der Waals surface area contributed by atoms with E-state index in [1.165, 1.54) is 0 Å². The predicted octanol–water partition coefficient (Wildman–Crippen LogP) is -3.40. The van der Waals surface area contributed by atoms with Crippen LogP contribution in [0.2, 0.25) is 0 Å². The second kappa shape index (κ2) is 7.79. The van der Waals surface area contributed by atoms with Crippen molar-refractivity contribution in [2.75, 3.05) is 6.61 Å². The van der Waals surface area contributed by atoms with Crippen LogP contribution < -0.4 is 5.73 Å². The van der Waals surface area contributed by atoms with E-state index in [4.69, 9.17) is 21.1 Å². The first kappa shape index (κ1) is 17.4. The number of aliphatic hydroxyl groups is 4. The van der Waals surface area contributed by atoms with Crippen LogP contribution in [0.4, 0.5) is 0 Å². The molecule has 0 spiro atoms. The average Bonchev–Trinajstić information content (AvgIpc) is 2.33. The number of carboxylic acids is 1. The molecule has 4 atom stereocenters. The summed E-state index contributed by atoms with van der Waals surface area (Å²) in [6.07, 6.45) is -6.86. The fourth-order valence-electron chi connectivity index (χ4n) is 1.44. The topological polar surface area (TPSA) is 178 Å². The second-order valence-corrected chi connectivity index (χ2v) is 3.97. The smallest absolute Gasteiger partial charge is 0.303 e. The van der Waals surface area contributed by atoms with Gasteiger partial charge in [0.15, 0.2) is 0 Å². The van der Waals surface area contributed by atoms with Crippen LogP contribution in [0, 0.1) is 5.92 Å². The van der Waals surface area contributed by atoms with E-state index < -0.39 is 61.3 Å². The maximum absolute atomic E-state index is 11.6. The fourth-order valence-corrected chi connectivity index (χ4v) is 1.44. The number of carbonyl (C=O) groups is 3. The van der Waals surface area contributed by atoms with Gasteiger partial charge in [-0.3, -0.25) is 14.4 Å². The van der Waals surface area contributed by atoms with Gasteiger partial charge in [-0.2, -0.15) is 0 Å². The number of primary amides is 1. The zero-order valence-corrected chi connectivity index (χ0v) is 9.97. The minimum absolute atomic E-state index is 0.554. The highest BCUT2D eigenvalue weighted by Crippen LogP contribution is 2.15. The van der Waals surface area contributed by atoms with Crippen molar-refractivity contribution in [1.82, 2.24) is 0 Å². The molecule has 19 heavy (non-hydrogen) atoms. The van der Waals surface area contributed by atoms with Crippen LogP contribution in [-0.4, -0.2) is 68.1 Å². The Morgan fingerprint density at radius 3 is 1.89 bits per heavy atom. The molecule has 0 heterocycles. The van der Waals surface area contributed by atoms with Gasteiger partial charge in [-0.25, -0.2) is 0 Å². The Morgan fingerprint density at radius 2 is 1.53 bits per heavy atom. The molecule has 0 bridgehead atoms. The molecule has 0 aromatic rings. The molecule has 0 aromatic carbocycles. The minimum atomic E-state index is -2.03. The van der Waals surface area contributed by atoms with Crippen LogP contribution in [0.3, 0.4) is 0 Å². The summed E-state index contributed by atoms with van der Waals surface area (Å²) < 4.78 is 0. The molecule has 0 unspecified atom stereocenters. The van der Waals surface area contributed by atoms with Crippen molar-refractivity contribution in [3.05, 3.63) is 0 Å². The molecule has 110 valence electrons. The predicted molar refractivity (Wildman–Crippen MR) is 59.7 cm³/mol. The number of hydrogen-bond donors (Lipinski definition) is 6. The van der Waals surface area contributed by atoms with E-state index in [1.54, 1.807) is 0 Å². The lowest BCUT2D eigenvalue weighted by molar-refractivity contribution is -0.148. The quantitative estimate of drug-likeness (QED) is 0.236. The lowest BCUT2D eigenvalue weighted by atomic mass is 9.88. The minimum Gasteiger partial charge on any atom is -0.481 e. The third kappa shape index (κ3) is 5.30. The zero-order valence-electron chi connectivity index (χ0n) is 9.97. The molecule has 1 amide bonds. The number of amides is 1. The highest BCUT2D eigenvalue weighted by molar-refractivity contribution is 6.02. The molecular formula is C10H17NO8. The summed E-state index contributed by atoms with van der Waals surface area (Å²) >= 11 is 0. The van der Waals surface area contributed by atoms with Crippen molar-refractivity contribution in [1.29, 1.82) is 0 Å². The summed E-state index contributed by atoms with van der Waals surface area (Å²) in [4.78, 5) is 32.9. The highest BCUT2D eigenvalue weighted by atomic mass is 16.4. The van der Waals surface area contributed by atoms with Crippen LogP contribution in [0.15, 0.2) is 0 Å². The Labute approximate surface area is 108 Å². The van der Waals surface area contributed by atoms with Crippen LogP contribution in [0.25, 0.3) is 0 Å². The molecule has 0 aromatic heterocycles. The summed E-state index contributed by atoms with van der Waals surface area (Å²) in [6, 6.07) is 0. The van der Waals surface area contributed by atoms with Crippen molar-refractivity contribution in [3.8, 4) is 0 Å². The number of hydrogen-bond acceptors (Lipinski definition) is 7. The first-order valence-electron chi connectivity index (χ1n) is 5.41. The van der Waals surface area contributed by atoms with Gasteiger partial charge < -0.3 is 31.3 Å². The number of aliphatic carboxylic acids is 1. The molecule has 0 aliphatic heterocycles. The van der Waals surface area contributed by atoms with E-state index in [2.05, 4.69) is 0 Å². The van der Waals surface area contributed by atoms with E-state index in [1.807, 2.05) is 0 Å². The lowest BCUT2D eigenvalue weighted by Gasteiger charge is -2.26. The van der Waals surface area contributed by atoms with Gasteiger partial charge in [0.2, 0.25) is 5.91 Å². The Kier molecular flexibility index (Phi) is 7.16. The zero-order chi connectivity index (χ0) is 15.2. The summed E-state index contributed by atoms with van der Waals surface area (Å²) in [5, 5.41) is 45.1. The number of ketones is 1. The first-order valence-corrected chi connectivity index (χ1v) is 5.41. The van der Waals surface area contributed by atoms with Crippen LogP contribution >= 0.6 is 0 Å². The van der Waals surface area contributed by atoms with Gasteiger partial charge in [-0.05, 0) is 0 Å². The maximum Gasteiger partial charge on any atom is 0.303 e. The largest absolute Gasteiger partial charge is 0.481 e. The lowest BCUT2D eigenvalue weighted by Crippen LogP contribution is -2.50. The molecule has 9 nitrogen and oxygen atoms in total. The Morgan fingerprint density at radius 1 is 1.00 bits per heavy atom. The van der Waals surface area contributed by atoms with E-state index in [-0.39, 0.29) is 0 Å². The van der Waals surface area contributed by atoms with Crippen molar-refractivity contribution < 1.29 is 39.9 Å². The van der Waals surface area contributed by atoms with Gasteiger partial charge >= 0.3 is 5.97 Å². The van der Waals surface area contributed by atoms with Gasteiger partial charge in [-0.1, -0.05) is 0 Å². The van der Waals surface area contributed by atoms with Gasteiger partial charge in [0.1, 0.15) is 30.0 Å². The molecule has 0 aliphatic carbocycles. The highest BCUT2D eigenvalue weighted by Gasteiger charge is 2.38. The summed E-state index contributed by atoms with van der Waals surface area (Å²) in [7, 11) is 0. The average molecular weight is 279 g/mol. The third-order valence-corrected chi connectivity index (χ3v) is 2.51. The van der Waals surface area contributed by atoms with Crippen LogP contribution in [-0.2, 0) is 14.4 Å². The number of rotatable bonds is 9. The number of nitrogens with two attached hydrogens (primary N) is 1. The Hall–Kier alpha value is -1.55. The van der Waals surface area contributed by atoms with E-state index >= 15 is 0 Å². The van der Waals surface area contributed by atoms with Crippen molar-refractivity contribution >= 4 is 17.7 Å². The van der Waals surface area contributed by atoms with Crippen molar-refractivity contribution in [2.45, 2.75) is 31.2 Å². The molecule has 7 N–H and O–H groups in total. The fraction of sp³-hybridized carbons (Fsp3) is 0.700. The standard InChI is InChI=1S/C10H17NO8/c11-10(19)7(4(13)1-2-6(15)16)9(18)8(17)5(14)3-12/h5,7-9,12,14,17-18H,1-3H2,(H2,11,19)(H,15,16)/t5-,7-,8-,9-/m1/s1. The van der Waals surface area contributed by atoms with Crippen molar-refractivity contribution in [3.63, 3.8) is 0 Å². The maximum atomic E-state index is 11.6. The number of carboxylic acid groups (broad SMARTS) is 1. The van der Waals surface area contributed by atoms with Crippen LogP contribution in [0.5, 0.6) is 0 Å². The summed E-state index contributed by atoms with van der Waals surface area (Å²) in [5.41, 5.74) is 4.90. The van der Waals surface area contributed by atoms with Crippen LogP contribution in [0.1, 0.15) is 12.8 Å². The number of Topliss-reactive ketones (excluding diaryl/α,β-unsaturated/α-hetero) is 1. The number of carbonyl (C=O) groups excluding carboxylic acids is 2. The summed E-state index contributed by atoms with van der Waals surface area (Å²) in [6.45, 7) is -0.896. The molecule has 0 fully saturated rings. The van der Waals surface area contributed by atoms with E-state index in [0.29, 0.717) is 0 Å². The molecule has 0 saturated heterocycles. The molecule has 0 rings (SSSR count). The van der Waals surface area contributed by atoms with Gasteiger partial charge in [0, 0.05) is 6.42 Å². The third-order valence-electron chi connectivity index (χ3n) is 2.51. The van der Waals surface area contributed by atoms with Crippen molar-refractivity contribution in [2.24, 2.45) is 11.7 Å². The molecule has 0 saturated carbocycles. The summed E-state index contributed by atoms with van der Waals surface area (Å²) in [5.74, 6) is -5.35. The van der Waals surface area contributed by atoms with E-state index in [9.17, 15) is 24.6 Å². The molecule has 0 radical (unpaired) electrons. The van der Waals surface area contributed by atoms with E-state index in [0.717, 1.165) is 0 Å². The molecular weight excluding hydrogens is 262 g/mol. The molecule has 0 aliphatic rings. The van der Waals surface area contributed by atoms with Gasteiger partial charge in [0.25, 0.3) is 0 Å². The second-order valence-electron chi connectivity index (χ2n) is 3.97. The molecule has 9 heteroatoms. The SMILES string of the molecule is NC(=O)[C@H](C(=O)CCC(=O)O)[C@@H](O)[C@H](O)[C@H](O)CO. The Balaban J connectivity index is 4.85. The Bertz CT molecular complexity index is 344. The first-order chi connectivity index (χ1) is 8.72. The van der Waals surface area contributed by atoms with Gasteiger partial charge in [0.05, 0.1) is 13.0 Å². The normalized spacial score (nSPS) is 17.3. The van der Waals surface area contributed by atoms with Gasteiger partial charge in [-0.15, -0.1) is 0 Å². The monoisotopic (exact) mass is 279 g/mol. The number of aliphatic hydroxyl groups excluding tert-OH is 4.